The van der Waals surface area contributed by atoms with Crippen molar-refractivity contribution in [1.82, 2.24) is 4.57 Å². The third kappa shape index (κ3) is 3.07. The van der Waals surface area contributed by atoms with E-state index in [1.807, 2.05) is 23.1 Å². The Labute approximate surface area is 274 Å². The van der Waals surface area contributed by atoms with Crippen LogP contribution < -0.4 is 0 Å². The third-order valence-corrected chi connectivity index (χ3v) is 12.5. The summed E-state index contributed by atoms with van der Waals surface area (Å²) in [4.78, 5) is 2.67. The summed E-state index contributed by atoms with van der Waals surface area (Å²) in [5.74, 6) is 0. The first-order valence-electron chi connectivity index (χ1n) is 15.8. The van der Waals surface area contributed by atoms with Crippen LogP contribution in [0.3, 0.4) is 0 Å². The number of rotatable bonds is 1. The first-order chi connectivity index (χ1) is 22.8. The van der Waals surface area contributed by atoms with Crippen molar-refractivity contribution < 1.29 is 0 Å². The molecule has 0 bridgehead atoms. The van der Waals surface area contributed by atoms with Gasteiger partial charge in [0.05, 0.1) is 16.4 Å². The number of para-hydroxylation sites is 1. The third-order valence-electron chi connectivity index (χ3n) is 10.3. The van der Waals surface area contributed by atoms with E-state index in [-0.39, 0.29) is 0 Å². The Morgan fingerprint density at radius 1 is 0.413 bits per heavy atom. The quantitative estimate of drug-likeness (QED) is 0.177. The molecule has 214 valence electrons. The Balaban J connectivity index is 1.28. The largest absolute Gasteiger partial charge is 0.309 e. The van der Waals surface area contributed by atoms with Gasteiger partial charge in [0.25, 0.3) is 0 Å². The maximum Gasteiger partial charge on any atom is 0.0736 e. The molecule has 0 saturated heterocycles. The van der Waals surface area contributed by atoms with Gasteiger partial charge < -0.3 is 4.57 Å². The molecular weight excluding hydrogens is 595 g/mol. The maximum absolute atomic E-state index is 2.53. The summed E-state index contributed by atoms with van der Waals surface area (Å²) < 4.78 is 5.16. The highest BCUT2D eigenvalue weighted by Gasteiger charge is 2.50. The number of benzene rings is 7. The van der Waals surface area contributed by atoms with Gasteiger partial charge in [-0.25, -0.2) is 0 Å². The van der Waals surface area contributed by atoms with Crippen molar-refractivity contribution in [1.29, 1.82) is 0 Å². The highest BCUT2D eigenvalue weighted by Crippen LogP contribution is 2.62. The fourth-order valence-corrected chi connectivity index (χ4v) is 10.8. The van der Waals surface area contributed by atoms with Gasteiger partial charge in [0.2, 0.25) is 0 Å². The van der Waals surface area contributed by atoms with Crippen LogP contribution in [0.1, 0.15) is 22.3 Å². The second kappa shape index (κ2) is 9.01. The first kappa shape index (κ1) is 25.1. The van der Waals surface area contributed by atoms with E-state index in [0.717, 1.165) is 0 Å². The van der Waals surface area contributed by atoms with Crippen LogP contribution in [0.2, 0.25) is 0 Å². The zero-order chi connectivity index (χ0) is 30.0. The molecule has 0 fully saturated rings. The van der Waals surface area contributed by atoms with Crippen molar-refractivity contribution in [3.63, 3.8) is 0 Å². The van der Waals surface area contributed by atoms with Gasteiger partial charge in [-0.1, -0.05) is 121 Å². The van der Waals surface area contributed by atoms with Crippen molar-refractivity contribution in [3.05, 3.63) is 174 Å². The van der Waals surface area contributed by atoms with E-state index in [4.69, 9.17) is 0 Å². The Bertz CT molecular complexity index is 2700. The van der Waals surface area contributed by atoms with Gasteiger partial charge in [-0.05, 0) is 75.8 Å². The maximum atomic E-state index is 2.53. The molecule has 0 saturated carbocycles. The molecule has 11 rings (SSSR count). The zero-order valence-electron chi connectivity index (χ0n) is 24.7. The van der Waals surface area contributed by atoms with Crippen LogP contribution in [-0.4, -0.2) is 4.57 Å². The predicted octanol–water partition coefficient (Wildman–Crippen LogP) is 12.0. The SMILES string of the molecule is c1ccc2c(c1)Sc1cc3c4ccccc4n(-c4ccc5c(c4)sc4ccccc45)c3cc1C21c2ccccc2-c2ccccc21. The van der Waals surface area contributed by atoms with E-state index >= 15 is 0 Å². The Kier molecular flexibility index (Phi) is 4.92. The molecule has 46 heavy (non-hydrogen) atoms. The van der Waals surface area contributed by atoms with Crippen LogP contribution in [0.4, 0.5) is 0 Å². The molecule has 2 aliphatic rings. The summed E-state index contributed by atoms with van der Waals surface area (Å²) in [6.45, 7) is 0. The number of hydrogen-bond donors (Lipinski definition) is 0. The van der Waals surface area contributed by atoms with Crippen molar-refractivity contribution in [3.8, 4) is 16.8 Å². The Hall–Kier alpha value is -5.09. The van der Waals surface area contributed by atoms with Gasteiger partial charge >= 0.3 is 0 Å². The predicted molar refractivity (Wildman–Crippen MR) is 195 cm³/mol. The van der Waals surface area contributed by atoms with E-state index < -0.39 is 5.41 Å². The monoisotopic (exact) mass is 619 g/mol. The van der Waals surface area contributed by atoms with Gasteiger partial charge in [-0.15, -0.1) is 11.3 Å². The lowest BCUT2D eigenvalue weighted by Gasteiger charge is -2.39. The van der Waals surface area contributed by atoms with Gasteiger partial charge in [-0.3, -0.25) is 0 Å². The minimum atomic E-state index is -0.394. The number of aromatic nitrogens is 1. The molecule has 1 nitrogen and oxygen atoms in total. The van der Waals surface area contributed by atoms with Crippen LogP contribution in [0.5, 0.6) is 0 Å². The highest BCUT2D eigenvalue weighted by atomic mass is 32.2. The second-order valence-corrected chi connectivity index (χ2v) is 14.6. The Morgan fingerprint density at radius 3 is 1.89 bits per heavy atom. The fraction of sp³-hybridized carbons (Fsp3) is 0.0233. The molecule has 1 spiro atoms. The molecule has 0 atom stereocenters. The van der Waals surface area contributed by atoms with E-state index in [1.165, 1.54) is 90.8 Å². The smallest absolute Gasteiger partial charge is 0.0736 e. The molecule has 1 aliphatic heterocycles. The molecule has 7 aromatic carbocycles. The molecule has 2 aromatic heterocycles. The number of nitrogens with zero attached hydrogens (tertiary/aromatic N) is 1. The van der Waals surface area contributed by atoms with Crippen molar-refractivity contribution in [2.45, 2.75) is 15.2 Å². The molecule has 3 heterocycles. The summed E-state index contributed by atoms with van der Waals surface area (Å²) in [6.07, 6.45) is 0. The van der Waals surface area contributed by atoms with Gasteiger partial charge in [0, 0.05) is 46.4 Å². The fourth-order valence-electron chi connectivity index (χ4n) is 8.45. The minimum Gasteiger partial charge on any atom is -0.309 e. The molecule has 1 aliphatic carbocycles. The van der Waals surface area contributed by atoms with Gasteiger partial charge in [0.1, 0.15) is 0 Å². The van der Waals surface area contributed by atoms with Crippen LogP contribution in [0.15, 0.2) is 161 Å². The first-order valence-corrected chi connectivity index (χ1v) is 17.4. The van der Waals surface area contributed by atoms with Crippen molar-refractivity contribution >= 4 is 65.1 Å². The van der Waals surface area contributed by atoms with E-state index in [2.05, 4.69) is 156 Å². The second-order valence-electron chi connectivity index (χ2n) is 12.4. The normalized spacial score (nSPS) is 14.2. The molecule has 0 N–H and O–H groups in total. The average molecular weight is 620 g/mol. The highest BCUT2D eigenvalue weighted by molar-refractivity contribution is 7.99. The summed E-state index contributed by atoms with van der Waals surface area (Å²) in [5.41, 5.74) is 11.5. The Morgan fingerprint density at radius 2 is 1.07 bits per heavy atom. The summed E-state index contributed by atoms with van der Waals surface area (Å²) in [7, 11) is 0. The average Bonchev–Trinajstić information content (AvgIpc) is 3.74. The lowest BCUT2D eigenvalue weighted by molar-refractivity contribution is 0.724. The van der Waals surface area contributed by atoms with Crippen LogP contribution >= 0.6 is 23.1 Å². The topological polar surface area (TPSA) is 4.93 Å². The van der Waals surface area contributed by atoms with Crippen LogP contribution in [-0.2, 0) is 5.41 Å². The van der Waals surface area contributed by atoms with Crippen LogP contribution in [0, 0.1) is 0 Å². The van der Waals surface area contributed by atoms with Crippen molar-refractivity contribution in [2.24, 2.45) is 0 Å². The number of fused-ring (bicyclic) bond motifs is 15. The lowest BCUT2D eigenvalue weighted by Crippen LogP contribution is -2.32. The summed E-state index contributed by atoms with van der Waals surface area (Å²) in [5, 5.41) is 5.25. The molecule has 0 unspecified atom stereocenters. The number of thiophene rings is 1. The molecular formula is C43H25NS2. The van der Waals surface area contributed by atoms with Crippen LogP contribution in [0.25, 0.3) is 58.8 Å². The van der Waals surface area contributed by atoms with E-state index in [0.29, 0.717) is 0 Å². The molecule has 0 radical (unpaired) electrons. The van der Waals surface area contributed by atoms with Gasteiger partial charge in [-0.2, -0.15) is 0 Å². The minimum absolute atomic E-state index is 0.394. The molecule has 0 amide bonds. The van der Waals surface area contributed by atoms with E-state index in [9.17, 15) is 0 Å². The summed E-state index contributed by atoms with van der Waals surface area (Å²) >= 11 is 3.80. The molecule has 3 heteroatoms. The van der Waals surface area contributed by atoms with E-state index in [1.54, 1.807) is 0 Å². The van der Waals surface area contributed by atoms with Crippen molar-refractivity contribution in [2.75, 3.05) is 0 Å². The van der Waals surface area contributed by atoms with Gasteiger partial charge in [0.15, 0.2) is 0 Å². The zero-order valence-corrected chi connectivity index (χ0v) is 26.3. The standard InChI is InChI=1S/C43H25NS2/c1-5-15-33-27(11-1)28-12-2-6-16-34(28)43(33)35-17-7-10-20-40(35)46-42-24-32-29-13-3-8-18-37(29)44(38(32)25-36(42)43)26-21-22-31-30-14-4-9-19-39(30)45-41(31)23-26/h1-25H. The number of hydrogen-bond acceptors (Lipinski definition) is 2. The lowest BCUT2D eigenvalue weighted by atomic mass is 9.67. The molecule has 9 aromatic rings. The summed E-state index contributed by atoms with van der Waals surface area (Å²) in [6, 6.07) is 56.9.